The van der Waals surface area contributed by atoms with Gasteiger partial charge in [-0.05, 0) is 42.5 Å². The van der Waals surface area contributed by atoms with Crippen LogP contribution in [0.2, 0.25) is 0 Å². The van der Waals surface area contributed by atoms with Crippen molar-refractivity contribution in [3.8, 4) is 22.8 Å². The van der Waals surface area contributed by atoms with Crippen LogP contribution in [0.1, 0.15) is 0 Å². The molecule has 3 aromatic rings. The summed E-state index contributed by atoms with van der Waals surface area (Å²) in [4.78, 5) is 24.4. The lowest BCUT2D eigenvalue weighted by atomic mass is 10.1. The van der Waals surface area contributed by atoms with Crippen LogP contribution < -0.4 is 20.3 Å². The Hall–Kier alpha value is -3.61. The number of methoxy groups -OCH3 is 2. The number of anilines is 1. The number of nitrogens with one attached hydrogen (secondary N) is 1. The van der Waals surface area contributed by atoms with E-state index in [9.17, 15) is 9.59 Å². The average Bonchev–Trinajstić information content (AvgIpc) is 2.70. The summed E-state index contributed by atoms with van der Waals surface area (Å²) in [6.45, 7) is -0.194. The number of hydrogen-bond donors (Lipinski definition) is 1. The molecule has 1 heterocycles. The summed E-state index contributed by atoms with van der Waals surface area (Å²) >= 11 is 0. The number of aromatic nitrogens is 2. The summed E-state index contributed by atoms with van der Waals surface area (Å²) in [7, 11) is 3.14. The van der Waals surface area contributed by atoms with Gasteiger partial charge in [0.15, 0.2) is 0 Å². The second kappa shape index (κ2) is 8.18. The SMILES string of the molecule is COc1ccc(-c2ccc(=O)n(CC(=O)Nc3cccc(OC)c3)n2)cc1. The molecule has 7 nitrogen and oxygen atoms in total. The van der Waals surface area contributed by atoms with Crippen molar-refractivity contribution in [1.29, 1.82) is 0 Å². The summed E-state index contributed by atoms with van der Waals surface area (Å²) in [5.74, 6) is 0.999. The zero-order valence-electron chi connectivity index (χ0n) is 15.0. The number of nitrogens with zero attached hydrogens (tertiary/aromatic N) is 2. The molecule has 0 aliphatic rings. The van der Waals surface area contributed by atoms with Crippen molar-refractivity contribution in [1.82, 2.24) is 9.78 Å². The van der Waals surface area contributed by atoms with Gasteiger partial charge in [0.1, 0.15) is 18.0 Å². The minimum absolute atomic E-state index is 0.194. The number of carbonyl (C=O) groups excluding carboxylic acids is 1. The molecule has 0 saturated heterocycles. The monoisotopic (exact) mass is 365 g/mol. The zero-order chi connectivity index (χ0) is 19.2. The Bertz CT molecular complexity index is 997. The number of amides is 1. The van der Waals surface area contributed by atoms with Gasteiger partial charge in [-0.15, -0.1) is 0 Å². The minimum Gasteiger partial charge on any atom is -0.497 e. The third-order valence-corrected chi connectivity index (χ3v) is 3.90. The molecular formula is C20H19N3O4. The molecule has 0 unspecified atom stereocenters. The van der Waals surface area contributed by atoms with Gasteiger partial charge < -0.3 is 14.8 Å². The number of hydrogen-bond acceptors (Lipinski definition) is 5. The van der Waals surface area contributed by atoms with Crippen LogP contribution >= 0.6 is 0 Å². The smallest absolute Gasteiger partial charge is 0.267 e. The van der Waals surface area contributed by atoms with Crippen molar-refractivity contribution in [2.75, 3.05) is 19.5 Å². The van der Waals surface area contributed by atoms with Crippen LogP contribution in [0.15, 0.2) is 65.5 Å². The minimum atomic E-state index is -0.357. The molecule has 0 aliphatic carbocycles. The molecule has 27 heavy (non-hydrogen) atoms. The van der Waals surface area contributed by atoms with Crippen LogP contribution in [0.3, 0.4) is 0 Å². The average molecular weight is 365 g/mol. The first kappa shape index (κ1) is 18.2. The van der Waals surface area contributed by atoms with Crippen molar-refractivity contribution in [2.24, 2.45) is 0 Å². The maximum atomic E-state index is 12.3. The molecule has 0 fully saturated rings. The van der Waals surface area contributed by atoms with E-state index in [0.717, 1.165) is 16.0 Å². The van der Waals surface area contributed by atoms with E-state index in [1.54, 1.807) is 44.6 Å². The predicted octanol–water partition coefficient (Wildman–Crippen LogP) is 2.57. The summed E-state index contributed by atoms with van der Waals surface area (Å²) in [5, 5.41) is 7.02. The van der Waals surface area contributed by atoms with Crippen molar-refractivity contribution in [3.05, 3.63) is 71.0 Å². The van der Waals surface area contributed by atoms with E-state index < -0.39 is 0 Å². The van der Waals surface area contributed by atoms with Gasteiger partial charge in [0.2, 0.25) is 5.91 Å². The Morgan fingerprint density at radius 1 is 1.00 bits per heavy atom. The standard InChI is InChI=1S/C20H19N3O4/c1-26-16-8-6-14(7-9-16)18-10-11-20(25)23(22-18)13-19(24)21-15-4-3-5-17(12-15)27-2/h3-12H,13H2,1-2H3,(H,21,24). The lowest BCUT2D eigenvalue weighted by Gasteiger charge is -2.09. The molecule has 0 bridgehead atoms. The summed E-state index contributed by atoms with van der Waals surface area (Å²) in [6.07, 6.45) is 0. The summed E-state index contributed by atoms with van der Waals surface area (Å²) < 4.78 is 11.4. The Morgan fingerprint density at radius 3 is 2.44 bits per heavy atom. The summed E-state index contributed by atoms with van der Waals surface area (Å²) in [5.41, 5.74) is 1.64. The van der Waals surface area contributed by atoms with Gasteiger partial charge in [-0.2, -0.15) is 5.10 Å². The number of carbonyl (C=O) groups is 1. The molecule has 0 spiro atoms. The van der Waals surface area contributed by atoms with E-state index in [0.29, 0.717) is 17.1 Å². The topological polar surface area (TPSA) is 82.5 Å². The van der Waals surface area contributed by atoms with Crippen molar-refractivity contribution in [3.63, 3.8) is 0 Å². The second-order valence-corrected chi connectivity index (χ2v) is 5.72. The van der Waals surface area contributed by atoms with Gasteiger partial charge in [0, 0.05) is 23.4 Å². The maximum absolute atomic E-state index is 12.3. The quantitative estimate of drug-likeness (QED) is 0.726. The van der Waals surface area contributed by atoms with Crippen LogP contribution in [-0.2, 0) is 11.3 Å². The van der Waals surface area contributed by atoms with Gasteiger partial charge in [0.25, 0.3) is 5.56 Å². The van der Waals surface area contributed by atoms with E-state index >= 15 is 0 Å². The lowest BCUT2D eigenvalue weighted by molar-refractivity contribution is -0.117. The molecule has 1 N–H and O–H groups in total. The number of rotatable bonds is 6. The Labute approximate surface area is 156 Å². The fourth-order valence-electron chi connectivity index (χ4n) is 2.52. The molecule has 0 atom stereocenters. The van der Waals surface area contributed by atoms with Crippen LogP contribution in [0.5, 0.6) is 11.5 Å². The normalized spacial score (nSPS) is 10.3. The van der Waals surface area contributed by atoms with Crippen LogP contribution in [-0.4, -0.2) is 29.9 Å². The van der Waals surface area contributed by atoms with Crippen molar-refractivity contribution < 1.29 is 14.3 Å². The third kappa shape index (κ3) is 4.52. The maximum Gasteiger partial charge on any atom is 0.267 e. The largest absolute Gasteiger partial charge is 0.497 e. The van der Waals surface area contributed by atoms with Crippen molar-refractivity contribution in [2.45, 2.75) is 6.54 Å². The van der Waals surface area contributed by atoms with Gasteiger partial charge in [-0.25, -0.2) is 4.68 Å². The predicted molar refractivity (Wildman–Crippen MR) is 102 cm³/mol. The van der Waals surface area contributed by atoms with E-state index in [1.807, 2.05) is 24.3 Å². The first-order valence-corrected chi connectivity index (χ1v) is 8.25. The molecule has 0 radical (unpaired) electrons. The van der Waals surface area contributed by atoms with E-state index in [4.69, 9.17) is 9.47 Å². The summed E-state index contributed by atoms with van der Waals surface area (Å²) in [6, 6.07) is 17.3. The third-order valence-electron chi connectivity index (χ3n) is 3.90. The fraction of sp³-hybridized carbons (Fsp3) is 0.150. The van der Waals surface area contributed by atoms with Crippen LogP contribution in [0.25, 0.3) is 11.3 Å². The van der Waals surface area contributed by atoms with Crippen LogP contribution in [0.4, 0.5) is 5.69 Å². The molecular weight excluding hydrogens is 346 g/mol. The molecule has 7 heteroatoms. The Morgan fingerprint density at radius 2 is 1.74 bits per heavy atom. The van der Waals surface area contributed by atoms with Crippen LogP contribution in [0, 0.1) is 0 Å². The molecule has 138 valence electrons. The van der Waals surface area contributed by atoms with E-state index in [1.165, 1.54) is 6.07 Å². The van der Waals surface area contributed by atoms with Gasteiger partial charge in [-0.3, -0.25) is 9.59 Å². The first-order chi connectivity index (χ1) is 13.1. The Balaban J connectivity index is 1.77. The van der Waals surface area contributed by atoms with E-state index in [2.05, 4.69) is 10.4 Å². The zero-order valence-corrected chi connectivity index (χ0v) is 15.0. The van der Waals surface area contributed by atoms with E-state index in [-0.39, 0.29) is 18.0 Å². The lowest BCUT2D eigenvalue weighted by Crippen LogP contribution is -2.29. The Kier molecular flexibility index (Phi) is 5.51. The molecule has 3 rings (SSSR count). The van der Waals surface area contributed by atoms with Crippen molar-refractivity contribution >= 4 is 11.6 Å². The highest BCUT2D eigenvalue weighted by atomic mass is 16.5. The highest BCUT2D eigenvalue weighted by Crippen LogP contribution is 2.20. The van der Waals surface area contributed by atoms with Gasteiger partial charge >= 0.3 is 0 Å². The molecule has 0 aliphatic heterocycles. The first-order valence-electron chi connectivity index (χ1n) is 8.25. The number of ether oxygens (including phenoxy) is 2. The highest BCUT2D eigenvalue weighted by Gasteiger charge is 2.09. The fourth-order valence-corrected chi connectivity index (χ4v) is 2.52. The highest BCUT2D eigenvalue weighted by molar-refractivity contribution is 5.90. The molecule has 2 aromatic carbocycles. The number of benzene rings is 2. The van der Waals surface area contributed by atoms with Gasteiger partial charge in [0.05, 0.1) is 19.9 Å². The van der Waals surface area contributed by atoms with Gasteiger partial charge in [-0.1, -0.05) is 6.07 Å². The second-order valence-electron chi connectivity index (χ2n) is 5.72. The molecule has 0 saturated carbocycles. The molecule has 1 amide bonds. The molecule has 1 aromatic heterocycles.